The lowest BCUT2D eigenvalue weighted by molar-refractivity contribution is 0.0156. The molecule has 0 radical (unpaired) electrons. The second-order valence-electron chi connectivity index (χ2n) is 6.19. The van der Waals surface area contributed by atoms with Gasteiger partial charge in [0.15, 0.2) is 0 Å². The minimum absolute atomic E-state index is 0.114. The van der Waals surface area contributed by atoms with Crippen LogP contribution in [0.5, 0.6) is 0 Å². The van der Waals surface area contributed by atoms with Gasteiger partial charge in [-0.2, -0.15) is 5.10 Å². The molecule has 1 amide bonds. The van der Waals surface area contributed by atoms with Crippen LogP contribution in [0.15, 0.2) is 30.7 Å². The number of carbonyl (C=O) groups is 1. The number of aliphatic hydroxyl groups is 1. The van der Waals surface area contributed by atoms with Crippen molar-refractivity contribution in [3.63, 3.8) is 0 Å². The summed E-state index contributed by atoms with van der Waals surface area (Å²) in [6.45, 7) is 0.367. The van der Waals surface area contributed by atoms with E-state index in [-0.39, 0.29) is 5.91 Å². The highest BCUT2D eigenvalue weighted by Crippen LogP contribution is 2.30. The van der Waals surface area contributed by atoms with Crippen molar-refractivity contribution in [1.29, 1.82) is 0 Å². The predicted octanol–water partition coefficient (Wildman–Crippen LogP) is 1.59. The molecule has 0 atom stereocenters. The SMILES string of the molecule is CN(CC1(O)CCCC1)C(=O)c1cnn(C)c1-n1cccc1. The summed E-state index contributed by atoms with van der Waals surface area (Å²) in [6.07, 6.45) is 8.95. The first kappa shape index (κ1) is 14.8. The van der Waals surface area contributed by atoms with Crippen LogP contribution in [0.4, 0.5) is 0 Å². The molecule has 22 heavy (non-hydrogen) atoms. The van der Waals surface area contributed by atoms with Crippen molar-refractivity contribution < 1.29 is 9.90 Å². The molecule has 6 heteroatoms. The first-order valence-electron chi connectivity index (χ1n) is 7.63. The van der Waals surface area contributed by atoms with Gasteiger partial charge in [-0.1, -0.05) is 12.8 Å². The Morgan fingerprint density at radius 1 is 1.36 bits per heavy atom. The van der Waals surface area contributed by atoms with E-state index in [2.05, 4.69) is 5.10 Å². The molecule has 118 valence electrons. The van der Waals surface area contributed by atoms with Crippen LogP contribution in [0, 0.1) is 0 Å². The zero-order chi connectivity index (χ0) is 15.7. The molecule has 0 aliphatic heterocycles. The summed E-state index contributed by atoms with van der Waals surface area (Å²) < 4.78 is 3.56. The van der Waals surface area contributed by atoms with Gasteiger partial charge in [-0.3, -0.25) is 9.48 Å². The smallest absolute Gasteiger partial charge is 0.259 e. The van der Waals surface area contributed by atoms with E-state index < -0.39 is 5.60 Å². The van der Waals surface area contributed by atoms with Crippen LogP contribution < -0.4 is 0 Å². The van der Waals surface area contributed by atoms with Gasteiger partial charge < -0.3 is 14.6 Å². The molecule has 0 aromatic carbocycles. The van der Waals surface area contributed by atoms with Crippen molar-refractivity contribution in [3.8, 4) is 5.82 Å². The molecule has 0 saturated heterocycles. The van der Waals surface area contributed by atoms with Gasteiger partial charge in [-0.15, -0.1) is 0 Å². The summed E-state index contributed by atoms with van der Waals surface area (Å²) in [4.78, 5) is 14.4. The molecular weight excluding hydrogens is 280 g/mol. The number of rotatable bonds is 4. The Bertz CT molecular complexity index is 654. The minimum atomic E-state index is -0.736. The third-order valence-electron chi connectivity index (χ3n) is 4.40. The summed E-state index contributed by atoms with van der Waals surface area (Å²) in [6, 6.07) is 3.82. The van der Waals surface area contributed by atoms with Gasteiger partial charge in [0.05, 0.1) is 11.8 Å². The largest absolute Gasteiger partial charge is 0.388 e. The molecule has 1 N–H and O–H groups in total. The molecule has 2 aromatic heterocycles. The first-order valence-corrected chi connectivity index (χ1v) is 7.63. The van der Waals surface area contributed by atoms with E-state index in [1.54, 1.807) is 22.8 Å². The van der Waals surface area contributed by atoms with Crippen LogP contribution in [-0.4, -0.2) is 49.5 Å². The number of hydrogen-bond acceptors (Lipinski definition) is 3. The quantitative estimate of drug-likeness (QED) is 0.933. The summed E-state index contributed by atoms with van der Waals surface area (Å²) in [5, 5.41) is 14.7. The van der Waals surface area contributed by atoms with Gasteiger partial charge in [-0.25, -0.2) is 0 Å². The molecular formula is C16H22N4O2. The van der Waals surface area contributed by atoms with Crippen LogP contribution in [0.3, 0.4) is 0 Å². The molecule has 2 aromatic rings. The van der Waals surface area contributed by atoms with Gasteiger partial charge >= 0.3 is 0 Å². The molecule has 0 spiro atoms. The van der Waals surface area contributed by atoms with E-state index in [0.29, 0.717) is 12.1 Å². The predicted molar refractivity (Wildman–Crippen MR) is 82.9 cm³/mol. The minimum Gasteiger partial charge on any atom is -0.388 e. The highest BCUT2D eigenvalue weighted by atomic mass is 16.3. The fourth-order valence-electron chi connectivity index (χ4n) is 3.27. The number of hydrogen-bond donors (Lipinski definition) is 1. The van der Waals surface area contributed by atoms with Crippen molar-refractivity contribution in [1.82, 2.24) is 19.2 Å². The van der Waals surface area contributed by atoms with E-state index in [1.165, 1.54) is 0 Å². The molecule has 0 bridgehead atoms. The standard InChI is InChI=1S/C16H22N4O2/c1-18(12-16(22)7-3-4-8-16)15(21)13-11-17-19(2)14(13)20-9-5-6-10-20/h5-6,9-11,22H,3-4,7-8,12H2,1-2H3. The number of aryl methyl sites for hydroxylation is 1. The number of nitrogens with zero attached hydrogens (tertiary/aromatic N) is 4. The Kier molecular flexibility index (Phi) is 3.78. The van der Waals surface area contributed by atoms with Crippen molar-refractivity contribution in [2.75, 3.05) is 13.6 Å². The van der Waals surface area contributed by atoms with Crippen LogP contribution in [0.1, 0.15) is 36.0 Å². The van der Waals surface area contributed by atoms with E-state index >= 15 is 0 Å². The number of amides is 1. The maximum atomic E-state index is 12.8. The van der Waals surface area contributed by atoms with Crippen molar-refractivity contribution in [2.45, 2.75) is 31.3 Å². The maximum absolute atomic E-state index is 12.8. The second kappa shape index (κ2) is 5.61. The molecule has 3 rings (SSSR count). The normalized spacial score (nSPS) is 16.9. The molecule has 1 aliphatic carbocycles. The molecule has 1 saturated carbocycles. The van der Waals surface area contributed by atoms with Crippen molar-refractivity contribution in [3.05, 3.63) is 36.3 Å². The fourth-order valence-corrected chi connectivity index (χ4v) is 3.27. The van der Waals surface area contributed by atoms with Crippen molar-refractivity contribution in [2.24, 2.45) is 7.05 Å². The van der Waals surface area contributed by atoms with Gasteiger partial charge in [0.1, 0.15) is 11.4 Å². The highest BCUT2D eigenvalue weighted by Gasteiger charge is 2.34. The molecule has 1 aliphatic rings. The van der Waals surface area contributed by atoms with Crippen LogP contribution in [0.2, 0.25) is 0 Å². The van der Waals surface area contributed by atoms with Crippen molar-refractivity contribution >= 4 is 5.91 Å². The first-order chi connectivity index (χ1) is 10.5. The van der Waals surface area contributed by atoms with Crippen LogP contribution in [-0.2, 0) is 7.05 Å². The molecule has 1 fully saturated rings. The van der Waals surface area contributed by atoms with Gasteiger partial charge in [0.25, 0.3) is 5.91 Å². The van der Waals surface area contributed by atoms with Gasteiger partial charge in [0.2, 0.25) is 0 Å². The lowest BCUT2D eigenvalue weighted by Crippen LogP contribution is -2.42. The second-order valence-corrected chi connectivity index (χ2v) is 6.19. The van der Waals surface area contributed by atoms with Crippen LogP contribution >= 0.6 is 0 Å². The summed E-state index contributed by atoms with van der Waals surface area (Å²) in [5.41, 5.74) is -0.192. The van der Waals surface area contributed by atoms with Crippen LogP contribution in [0.25, 0.3) is 5.82 Å². The molecule has 0 unspecified atom stereocenters. The molecule has 2 heterocycles. The van der Waals surface area contributed by atoms with E-state index in [4.69, 9.17) is 0 Å². The Morgan fingerprint density at radius 3 is 2.64 bits per heavy atom. The third kappa shape index (κ3) is 2.66. The zero-order valence-corrected chi connectivity index (χ0v) is 13.1. The lowest BCUT2D eigenvalue weighted by atomic mass is 10.0. The highest BCUT2D eigenvalue weighted by molar-refractivity contribution is 5.97. The van der Waals surface area contributed by atoms with Gasteiger partial charge in [-0.05, 0) is 25.0 Å². The Balaban J connectivity index is 1.83. The summed E-state index contributed by atoms with van der Waals surface area (Å²) in [7, 11) is 3.56. The number of carbonyl (C=O) groups excluding carboxylic acids is 1. The van der Waals surface area contributed by atoms with Gasteiger partial charge in [0, 0.05) is 33.0 Å². The zero-order valence-electron chi connectivity index (χ0n) is 13.1. The third-order valence-corrected chi connectivity index (χ3v) is 4.40. The summed E-state index contributed by atoms with van der Waals surface area (Å²) in [5.74, 6) is 0.623. The van der Waals surface area contributed by atoms with E-state index in [1.807, 2.05) is 36.1 Å². The average molecular weight is 302 g/mol. The Labute approximate surface area is 130 Å². The topological polar surface area (TPSA) is 63.3 Å². The summed E-state index contributed by atoms with van der Waals surface area (Å²) >= 11 is 0. The van der Waals surface area contributed by atoms with E-state index in [0.717, 1.165) is 31.5 Å². The monoisotopic (exact) mass is 302 g/mol. The maximum Gasteiger partial charge on any atom is 0.259 e. The Hall–Kier alpha value is -2.08. The van der Waals surface area contributed by atoms with E-state index in [9.17, 15) is 9.90 Å². The number of likely N-dealkylation sites (N-methyl/N-ethyl adjacent to an activating group) is 1. The number of aromatic nitrogens is 3. The Morgan fingerprint density at radius 2 is 2.00 bits per heavy atom. The lowest BCUT2D eigenvalue weighted by Gasteiger charge is -2.28. The average Bonchev–Trinajstić information content (AvgIpc) is 3.19. The fraction of sp³-hybridized carbons (Fsp3) is 0.500. The molecule has 6 nitrogen and oxygen atoms in total.